The molecule has 8 nitrogen and oxygen atoms in total. The summed E-state index contributed by atoms with van der Waals surface area (Å²) in [6, 6.07) is 4.73. The Morgan fingerprint density at radius 2 is 1.70 bits per heavy atom. The van der Waals surface area contributed by atoms with Crippen LogP contribution in [0.5, 0.6) is 0 Å². The summed E-state index contributed by atoms with van der Waals surface area (Å²) >= 11 is 6.33. The summed E-state index contributed by atoms with van der Waals surface area (Å²) < 4.78 is 28.1. The zero-order valence-electron chi connectivity index (χ0n) is 19.3. The molecule has 1 saturated carbocycles. The minimum absolute atomic E-state index is 0.0274. The number of piperazine rings is 1. The molecule has 0 bridgehead atoms. The number of amides is 2. The van der Waals surface area contributed by atoms with Gasteiger partial charge >= 0.3 is 0 Å². The van der Waals surface area contributed by atoms with Crippen molar-refractivity contribution >= 4 is 33.4 Å². The van der Waals surface area contributed by atoms with E-state index < -0.39 is 10.0 Å². The summed E-state index contributed by atoms with van der Waals surface area (Å²) in [5.41, 5.74) is 0.204. The van der Waals surface area contributed by atoms with E-state index in [-0.39, 0.29) is 27.3 Å². The Balaban J connectivity index is 1.42. The predicted octanol–water partition coefficient (Wildman–Crippen LogP) is 2.04. The quantitative estimate of drug-likeness (QED) is 0.651. The Hall–Kier alpha value is -1.68. The van der Waals surface area contributed by atoms with Gasteiger partial charge in [0.05, 0.1) is 22.0 Å². The Labute approximate surface area is 201 Å². The average Bonchev–Trinajstić information content (AvgIpc) is 3.57. The summed E-state index contributed by atoms with van der Waals surface area (Å²) in [5, 5.41) is 3.22. The van der Waals surface area contributed by atoms with Gasteiger partial charge in [-0.3, -0.25) is 14.5 Å². The number of carbonyl (C=O) groups excluding carboxylic acids is 2. The summed E-state index contributed by atoms with van der Waals surface area (Å²) in [7, 11) is -3.71. The van der Waals surface area contributed by atoms with Crippen molar-refractivity contribution in [3.8, 4) is 0 Å². The lowest BCUT2D eigenvalue weighted by atomic mass is 9.94. The van der Waals surface area contributed by atoms with Crippen LogP contribution in [0.15, 0.2) is 23.1 Å². The third kappa shape index (κ3) is 5.88. The number of halogens is 1. The molecule has 0 radical (unpaired) electrons. The van der Waals surface area contributed by atoms with Gasteiger partial charge in [-0.25, -0.2) is 8.42 Å². The standard InChI is InChI=1S/C23H33ClN4O4S/c1-16-11-17(2)14-28(13-16)33(31,32)19-5-6-21(24)20(12-19)23(30)27-9-7-26(8-10-27)15-22(29)25-18-3-4-18/h5-6,12,16-18H,3-4,7-11,13-15H2,1-2H3,(H,25,29)/t16-,17+. The highest BCUT2D eigenvalue weighted by atomic mass is 35.5. The van der Waals surface area contributed by atoms with Crippen molar-refractivity contribution in [3.63, 3.8) is 0 Å². The highest BCUT2D eigenvalue weighted by Gasteiger charge is 2.33. The largest absolute Gasteiger partial charge is 0.352 e. The lowest BCUT2D eigenvalue weighted by molar-refractivity contribution is -0.122. The van der Waals surface area contributed by atoms with Crippen molar-refractivity contribution in [2.24, 2.45) is 11.8 Å². The molecule has 2 aliphatic heterocycles. The predicted molar refractivity (Wildman–Crippen MR) is 127 cm³/mol. The molecule has 1 aromatic rings. The topological polar surface area (TPSA) is 90.0 Å². The molecule has 1 aliphatic carbocycles. The second-order valence-electron chi connectivity index (χ2n) is 9.82. The lowest BCUT2D eigenvalue weighted by Crippen LogP contribution is -2.51. The molecule has 1 N–H and O–H groups in total. The number of nitrogens with one attached hydrogen (secondary N) is 1. The smallest absolute Gasteiger partial charge is 0.255 e. The van der Waals surface area contributed by atoms with Gasteiger partial charge < -0.3 is 10.2 Å². The molecule has 2 atom stereocenters. The molecule has 0 aromatic heterocycles. The van der Waals surface area contributed by atoms with Crippen molar-refractivity contribution in [2.75, 3.05) is 45.8 Å². The van der Waals surface area contributed by atoms with Gasteiger partial charge in [0.25, 0.3) is 5.91 Å². The molecule has 3 fully saturated rings. The molecule has 3 aliphatic rings. The van der Waals surface area contributed by atoms with E-state index in [9.17, 15) is 18.0 Å². The van der Waals surface area contributed by atoms with Crippen LogP contribution in [0.2, 0.25) is 5.02 Å². The summed E-state index contributed by atoms with van der Waals surface area (Å²) in [4.78, 5) is 29.0. The molecule has 2 saturated heterocycles. The van der Waals surface area contributed by atoms with Gasteiger partial charge in [-0.2, -0.15) is 4.31 Å². The normalized spacial score (nSPS) is 25.1. The summed E-state index contributed by atoms with van der Waals surface area (Å²) in [6.07, 6.45) is 3.11. The van der Waals surface area contributed by atoms with E-state index in [1.807, 2.05) is 4.90 Å². The number of rotatable bonds is 6. The molecule has 33 heavy (non-hydrogen) atoms. The van der Waals surface area contributed by atoms with Gasteiger partial charge in [0.1, 0.15) is 0 Å². The van der Waals surface area contributed by atoms with E-state index >= 15 is 0 Å². The summed E-state index contributed by atoms with van der Waals surface area (Å²) in [5.74, 6) is 0.332. The Kier molecular flexibility index (Phi) is 7.33. The lowest BCUT2D eigenvalue weighted by Gasteiger charge is -2.35. The Morgan fingerprint density at radius 3 is 2.30 bits per heavy atom. The van der Waals surface area contributed by atoms with Crippen molar-refractivity contribution in [2.45, 2.75) is 44.0 Å². The zero-order chi connectivity index (χ0) is 23.8. The zero-order valence-corrected chi connectivity index (χ0v) is 20.9. The van der Waals surface area contributed by atoms with Crippen LogP contribution in [0.25, 0.3) is 0 Å². The second kappa shape index (κ2) is 9.90. The Bertz CT molecular complexity index is 996. The fourth-order valence-corrected chi connectivity index (χ4v) is 6.67. The molecule has 4 rings (SSSR count). The van der Waals surface area contributed by atoms with Crippen LogP contribution in [-0.4, -0.2) is 86.2 Å². The van der Waals surface area contributed by atoms with Crippen LogP contribution >= 0.6 is 11.6 Å². The number of benzene rings is 1. The number of hydrogen-bond donors (Lipinski definition) is 1. The highest BCUT2D eigenvalue weighted by Crippen LogP contribution is 2.29. The van der Waals surface area contributed by atoms with Gasteiger partial charge in [0.2, 0.25) is 15.9 Å². The first kappa shape index (κ1) is 24.4. The maximum atomic E-state index is 13.3. The molecule has 2 heterocycles. The average molecular weight is 497 g/mol. The fourth-order valence-electron chi connectivity index (χ4n) is 4.76. The number of carbonyl (C=O) groups is 2. The van der Waals surface area contributed by atoms with Crippen LogP contribution in [0.1, 0.15) is 43.5 Å². The van der Waals surface area contributed by atoms with Gasteiger partial charge in [-0.05, 0) is 49.3 Å². The molecule has 182 valence electrons. The van der Waals surface area contributed by atoms with Crippen LogP contribution in [0.4, 0.5) is 0 Å². The van der Waals surface area contributed by atoms with E-state index in [0.29, 0.717) is 63.7 Å². The van der Waals surface area contributed by atoms with Crippen LogP contribution in [0, 0.1) is 11.8 Å². The number of nitrogens with zero attached hydrogens (tertiary/aromatic N) is 3. The van der Waals surface area contributed by atoms with Crippen LogP contribution in [-0.2, 0) is 14.8 Å². The molecule has 0 spiro atoms. The van der Waals surface area contributed by atoms with E-state index in [2.05, 4.69) is 19.2 Å². The van der Waals surface area contributed by atoms with Crippen molar-refractivity contribution < 1.29 is 18.0 Å². The van der Waals surface area contributed by atoms with Gasteiger partial charge in [0.15, 0.2) is 0 Å². The van der Waals surface area contributed by atoms with E-state index in [1.54, 1.807) is 4.90 Å². The maximum Gasteiger partial charge on any atom is 0.255 e. The first-order chi connectivity index (χ1) is 15.6. The van der Waals surface area contributed by atoms with Crippen molar-refractivity contribution in [3.05, 3.63) is 28.8 Å². The van der Waals surface area contributed by atoms with Crippen LogP contribution in [0.3, 0.4) is 0 Å². The minimum atomic E-state index is -3.71. The van der Waals surface area contributed by atoms with Crippen molar-refractivity contribution in [1.29, 1.82) is 0 Å². The molecular formula is C23H33ClN4O4S. The third-order valence-electron chi connectivity index (χ3n) is 6.61. The molecule has 1 aromatic carbocycles. The van der Waals surface area contributed by atoms with E-state index in [1.165, 1.54) is 22.5 Å². The molecule has 2 amide bonds. The molecule has 0 unspecified atom stereocenters. The van der Waals surface area contributed by atoms with Crippen LogP contribution < -0.4 is 5.32 Å². The number of hydrogen-bond acceptors (Lipinski definition) is 5. The SMILES string of the molecule is C[C@@H]1C[C@H](C)CN(S(=O)(=O)c2ccc(Cl)c(C(=O)N3CCN(CC(=O)NC4CC4)CC3)c2)C1. The van der Waals surface area contributed by atoms with Gasteiger partial charge in [-0.1, -0.05) is 25.4 Å². The Morgan fingerprint density at radius 1 is 1.06 bits per heavy atom. The highest BCUT2D eigenvalue weighted by molar-refractivity contribution is 7.89. The van der Waals surface area contributed by atoms with Gasteiger partial charge in [0, 0.05) is 45.3 Å². The molecule has 10 heteroatoms. The summed E-state index contributed by atoms with van der Waals surface area (Å²) in [6.45, 7) is 7.51. The maximum absolute atomic E-state index is 13.3. The first-order valence-corrected chi connectivity index (χ1v) is 13.6. The minimum Gasteiger partial charge on any atom is -0.352 e. The van der Waals surface area contributed by atoms with Gasteiger partial charge in [-0.15, -0.1) is 0 Å². The monoisotopic (exact) mass is 496 g/mol. The van der Waals surface area contributed by atoms with E-state index in [0.717, 1.165) is 19.3 Å². The third-order valence-corrected chi connectivity index (χ3v) is 8.77. The second-order valence-corrected chi connectivity index (χ2v) is 12.2. The molecular weight excluding hydrogens is 464 g/mol. The first-order valence-electron chi connectivity index (χ1n) is 11.7. The number of sulfonamides is 1. The van der Waals surface area contributed by atoms with E-state index in [4.69, 9.17) is 11.6 Å². The fraction of sp³-hybridized carbons (Fsp3) is 0.652. The number of piperidine rings is 1. The van der Waals surface area contributed by atoms with Crippen molar-refractivity contribution in [1.82, 2.24) is 19.4 Å².